The number of rotatable bonds is 5. The van der Waals surface area contributed by atoms with Gasteiger partial charge in [-0.15, -0.1) is 0 Å². The number of aliphatic hydroxyl groups excluding tert-OH is 4. The van der Waals surface area contributed by atoms with E-state index in [0.717, 1.165) is 0 Å². The molecule has 1 saturated heterocycles. The molecule has 1 aromatic rings. The maximum Gasteiger partial charge on any atom is 0.340 e. The molecule has 8 heteroatoms. The predicted molar refractivity (Wildman–Crippen MR) is 81.9 cm³/mol. The van der Waals surface area contributed by atoms with Crippen LogP contribution >= 0.6 is 0 Å². The summed E-state index contributed by atoms with van der Waals surface area (Å²) in [4.78, 5) is 12.1. The van der Waals surface area contributed by atoms with Crippen molar-refractivity contribution >= 4 is 11.5 Å². The lowest BCUT2D eigenvalue weighted by molar-refractivity contribution is -0.290. The first-order chi connectivity index (χ1) is 11.4. The summed E-state index contributed by atoms with van der Waals surface area (Å²) in [6.07, 6.45) is -7.50. The van der Waals surface area contributed by atoms with Crippen LogP contribution in [0.3, 0.4) is 0 Å². The Balaban J connectivity index is 2.05. The highest BCUT2D eigenvalue weighted by molar-refractivity contribution is 6.15. The average molecular weight is 340 g/mol. The molecule has 1 aliphatic rings. The van der Waals surface area contributed by atoms with Gasteiger partial charge in [-0.1, -0.05) is 18.7 Å². The lowest BCUT2D eigenvalue weighted by Crippen LogP contribution is -2.59. The van der Waals surface area contributed by atoms with Gasteiger partial charge in [0, 0.05) is 0 Å². The smallest absolute Gasteiger partial charge is 0.340 e. The molecule has 0 amide bonds. The van der Waals surface area contributed by atoms with E-state index in [0.29, 0.717) is 11.3 Å². The van der Waals surface area contributed by atoms with Crippen molar-refractivity contribution < 1.29 is 39.4 Å². The highest BCUT2D eigenvalue weighted by Crippen LogP contribution is 2.24. The van der Waals surface area contributed by atoms with Crippen LogP contribution in [0.1, 0.15) is 5.56 Å². The summed E-state index contributed by atoms with van der Waals surface area (Å²) in [6.45, 7) is 3.02. The molecule has 8 nitrogen and oxygen atoms in total. The molecule has 5 atom stereocenters. The molecule has 0 spiro atoms. The van der Waals surface area contributed by atoms with Gasteiger partial charge in [0.05, 0.1) is 19.3 Å². The van der Waals surface area contributed by atoms with Crippen molar-refractivity contribution in [3.8, 4) is 5.75 Å². The van der Waals surface area contributed by atoms with E-state index in [-0.39, 0.29) is 5.57 Å². The quantitative estimate of drug-likeness (QED) is 0.399. The minimum Gasteiger partial charge on any atom is -0.497 e. The van der Waals surface area contributed by atoms with E-state index in [9.17, 15) is 20.1 Å². The Labute approximate surface area is 138 Å². The highest BCUT2D eigenvalue weighted by atomic mass is 16.7. The van der Waals surface area contributed by atoms with E-state index in [2.05, 4.69) is 6.58 Å². The second kappa shape index (κ2) is 7.73. The monoisotopic (exact) mass is 340 g/mol. The average Bonchev–Trinajstić information content (AvgIpc) is 2.61. The van der Waals surface area contributed by atoms with E-state index in [1.54, 1.807) is 24.3 Å². The molecule has 1 aliphatic heterocycles. The van der Waals surface area contributed by atoms with Gasteiger partial charge < -0.3 is 34.6 Å². The minimum absolute atomic E-state index is 0.00890. The van der Waals surface area contributed by atoms with Gasteiger partial charge in [-0.3, -0.25) is 0 Å². The lowest BCUT2D eigenvalue weighted by atomic mass is 9.99. The maximum atomic E-state index is 12.1. The number of benzene rings is 1. The summed E-state index contributed by atoms with van der Waals surface area (Å²) < 4.78 is 15.1. The molecule has 1 fully saturated rings. The van der Waals surface area contributed by atoms with Gasteiger partial charge in [0.25, 0.3) is 0 Å². The van der Waals surface area contributed by atoms with Gasteiger partial charge in [0.15, 0.2) is 0 Å². The first-order valence-electron chi connectivity index (χ1n) is 7.24. The van der Waals surface area contributed by atoms with E-state index in [4.69, 9.17) is 19.3 Å². The lowest BCUT2D eigenvalue weighted by Gasteiger charge is -2.39. The number of methoxy groups -OCH3 is 1. The van der Waals surface area contributed by atoms with E-state index < -0.39 is 43.3 Å². The summed E-state index contributed by atoms with van der Waals surface area (Å²) >= 11 is 0. The second-order valence-electron chi connectivity index (χ2n) is 5.31. The van der Waals surface area contributed by atoms with Crippen molar-refractivity contribution in [1.82, 2.24) is 0 Å². The SMILES string of the molecule is C=C(C(=O)OC1O[C@H](CO)[C@@H](O)[C@H](O)[C@H]1O)c1ccc(OC)cc1. The van der Waals surface area contributed by atoms with Crippen LogP contribution in [0.15, 0.2) is 30.8 Å². The van der Waals surface area contributed by atoms with Gasteiger partial charge in [0.1, 0.15) is 30.2 Å². The number of hydrogen-bond acceptors (Lipinski definition) is 8. The van der Waals surface area contributed by atoms with Crippen LogP contribution in [-0.4, -0.2) is 70.8 Å². The Morgan fingerprint density at radius 3 is 2.33 bits per heavy atom. The van der Waals surface area contributed by atoms with Crippen molar-refractivity contribution in [3.63, 3.8) is 0 Å². The Morgan fingerprint density at radius 2 is 1.79 bits per heavy atom. The van der Waals surface area contributed by atoms with Crippen LogP contribution in [0.2, 0.25) is 0 Å². The fraction of sp³-hybridized carbons (Fsp3) is 0.438. The molecule has 0 radical (unpaired) electrons. The van der Waals surface area contributed by atoms with Crippen LogP contribution < -0.4 is 4.74 Å². The summed E-state index contributed by atoms with van der Waals surface area (Å²) in [5.41, 5.74) is 0.486. The number of ether oxygens (including phenoxy) is 3. The van der Waals surface area contributed by atoms with E-state index >= 15 is 0 Å². The zero-order valence-electron chi connectivity index (χ0n) is 13.0. The third kappa shape index (κ3) is 3.74. The normalized spacial score (nSPS) is 29.8. The number of hydrogen-bond donors (Lipinski definition) is 4. The molecule has 0 aliphatic carbocycles. The summed E-state index contributed by atoms with van der Waals surface area (Å²) in [5, 5.41) is 38.3. The van der Waals surface area contributed by atoms with Crippen molar-refractivity contribution in [2.24, 2.45) is 0 Å². The van der Waals surface area contributed by atoms with Crippen LogP contribution in [0.25, 0.3) is 5.57 Å². The molecule has 0 saturated carbocycles. The summed E-state index contributed by atoms with van der Waals surface area (Å²) in [6, 6.07) is 6.49. The Morgan fingerprint density at radius 1 is 1.17 bits per heavy atom. The predicted octanol–water partition coefficient (Wildman–Crippen LogP) is -0.948. The zero-order valence-corrected chi connectivity index (χ0v) is 13.0. The number of aliphatic hydroxyl groups is 4. The van der Waals surface area contributed by atoms with E-state index in [1.807, 2.05) is 0 Å². The summed E-state index contributed by atoms with van der Waals surface area (Å²) in [5.74, 6) is -0.265. The fourth-order valence-electron chi connectivity index (χ4n) is 2.25. The zero-order chi connectivity index (χ0) is 17.9. The van der Waals surface area contributed by atoms with Crippen molar-refractivity contribution in [1.29, 1.82) is 0 Å². The third-order valence-corrected chi connectivity index (χ3v) is 3.76. The van der Waals surface area contributed by atoms with Crippen molar-refractivity contribution in [2.75, 3.05) is 13.7 Å². The van der Waals surface area contributed by atoms with Crippen LogP contribution in [0.4, 0.5) is 0 Å². The molecule has 132 valence electrons. The van der Waals surface area contributed by atoms with Gasteiger partial charge >= 0.3 is 5.97 Å². The molecule has 24 heavy (non-hydrogen) atoms. The number of carbonyl (C=O) groups excluding carboxylic acids is 1. The third-order valence-electron chi connectivity index (χ3n) is 3.76. The first kappa shape index (κ1) is 18.4. The maximum absolute atomic E-state index is 12.1. The van der Waals surface area contributed by atoms with Gasteiger partial charge in [-0.25, -0.2) is 4.79 Å². The van der Waals surface area contributed by atoms with Crippen LogP contribution in [-0.2, 0) is 14.3 Å². The van der Waals surface area contributed by atoms with Gasteiger partial charge in [0.2, 0.25) is 6.29 Å². The van der Waals surface area contributed by atoms with Crippen LogP contribution in [0.5, 0.6) is 5.75 Å². The molecule has 1 heterocycles. The molecule has 1 aromatic carbocycles. The second-order valence-corrected chi connectivity index (χ2v) is 5.31. The largest absolute Gasteiger partial charge is 0.497 e. The Kier molecular flexibility index (Phi) is 5.92. The topological polar surface area (TPSA) is 126 Å². The Hall–Kier alpha value is -1.97. The Bertz CT molecular complexity index is 582. The van der Waals surface area contributed by atoms with Crippen molar-refractivity contribution in [3.05, 3.63) is 36.4 Å². The fourth-order valence-corrected chi connectivity index (χ4v) is 2.25. The van der Waals surface area contributed by atoms with Crippen LogP contribution in [0, 0.1) is 0 Å². The molecular weight excluding hydrogens is 320 g/mol. The minimum atomic E-state index is -1.66. The molecule has 4 N–H and O–H groups in total. The molecule has 0 bridgehead atoms. The summed E-state index contributed by atoms with van der Waals surface area (Å²) in [7, 11) is 1.51. The van der Waals surface area contributed by atoms with Crippen molar-refractivity contribution in [2.45, 2.75) is 30.7 Å². The van der Waals surface area contributed by atoms with E-state index in [1.165, 1.54) is 7.11 Å². The molecule has 0 aromatic heterocycles. The highest BCUT2D eigenvalue weighted by Gasteiger charge is 2.45. The molecule has 2 rings (SSSR count). The van der Waals surface area contributed by atoms with Gasteiger partial charge in [-0.05, 0) is 17.7 Å². The molecule has 1 unspecified atom stereocenters. The number of esters is 1. The standard InChI is InChI=1S/C16H20O8/c1-8(9-3-5-10(22-2)6-4-9)15(21)24-16-14(20)13(19)12(18)11(7-17)23-16/h3-6,11-14,16-20H,1,7H2,2H3/t11-,12-,13+,14-,16?/m1/s1. The number of carbonyl (C=O) groups is 1. The van der Waals surface area contributed by atoms with Gasteiger partial charge in [-0.2, -0.15) is 0 Å². The molecular formula is C16H20O8. The first-order valence-corrected chi connectivity index (χ1v) is 7.24.